The SMILES string of the molecule is CCOc1ccc(OCCC(=O)OCC(=O)Nc2cccc(S(N)(=O)=O)c2)cc1. The van der Waals surface area contributed by atoms with Gasteiger partial charge in [-0.1, -0.05) is 6.07 Å². The fraction of sp³-hybridized carbons (Fsp3) is 0.263. The highest BCUT2D eigenvalue weighted by molar-refractivity contribution is 7.89. The van der Waals surface area contributed by atoms with E-state index in [-0.39, 0.29) is 23.6 Å². The number of nitrogens with two attached hydrogens (primary N) is 1. The monoisotopic (exact) mass is 422 g/mol. The zero-order valence-electron chi connectivity index (χ0n) is 15.8. The Morgan fingerprint density at radius 2 is 1.69 bits per heavy atom. The molecule has 0 fully saturated rings. The Bertz CT molecular complexity index is 943. The van der Waals surface area contributed by atoms with Crippen molar-refractivity contribution >= 4 is 27.6 Å². The van der Waals surface area contributed by atoms with Gasteiger partial charge in [-0.15, -0.1) is 0 Å². The van der Waals surface area contributed by atoms with Crippen molar-refractivity contribution in [3.8, 4) is 11.5 Å². The van der Waals surface area contributed by atoms with E-state index in [4.69, 9.17) is 19.3 Å². The second-order valence-electron chi connectivity index (χ2n) is 5.78. The van der Waals surface area contributed by atoms with Crippen molar-refractivity contribution in [2.75, 3.05) is 25.1 Å². The van der Waals surface area contributed by atoms with Crippen LogP contribution in [0.15, 0.2) is 53.4 Å². The van der Waals surface area contributed by atoms with Crippen LogP contribution in [0.1, 0.15) is 13.3 Å². The third-order valence-corrected chi connectivity index (χ3v) is 4.43. The first kappa shape index (κ1) is 22.2. The highest BCUT2D eigenvalue weighted by Crippen LogP contribution is 2.17. The van der Waals surface area contributed by atoms with Gasteiger partial charge >= 0.3 is 5.97 Å². The van der Waals surface area contributed by atoms with Gasteiger partial charge in [0, 0.05) is 5.69 Å². The van der Waals surface area contributed by atoms with Gasteiger partial charge < -0.3 is 19.5 Å². The minimum atomic E-state index is -3.88. The Morgan fingerprint density at radius 3 is 2.31 bits per heavy atom. The van der Waals surface area contributed by atoms with E-state index in [2.05, 4.69) is 5.32 Å². The van der Waals surface area contributed by atoms with Gasteiger partial charge in [0.05, 0.1) is 24.5 Å². The average molecular weight is 422 g/mol. The topological polar surface area (TPSA) is 134 Å². The summed E-state index contributed by atoms with van der Waals surface area (Å²) < 4.78 is 38.2. The van der Waals surface area contributed by atoms with Crippen LogP contribution in [-0.4, -0.2) is 40.1 Å². The molecule has 0 spiro atoms. The molecule has 0 unspecified atom stereocenters. The molecule has 29 heavy (non-hydrogen) atoms. The molecule has 0 saturated carbocycles. The number of hydrogen-bond acceptors (Lipinski definition) is 7. The quantitative estimate of drug-likeness (QED) is 0.556. The van der Waals surface area contributed by atoms with Crippen molar-refractivity contribution < 1.29 is 32.2 Å². The standard InChI is InChI=1S/C19H22N2O7S/c1-2-26-15-6-8-16(9-7-15)27-11-10-19(23)28-13-18(22)21-14-4-3-5-17(12-14)29(20,24)25/h3-9,12H,2,10-11,13H2,1H3,(H,21,22)(H2,20,24,25). The zero-order valence-corrected chi connectivity index (χ0v) is 16.6. The number of carbonyl (C=O) groups is 2. The van der Waals surface area contributed by atoms with Crippen LogP contribution in [0.3, 0.4) is 0 Å². The first-order chi connectivity index (χ1) is 13.8. The van der Waals surface area contributed by atoms with Crippen LogP contribution in [0.5, 0.6) is 11.5 Å². The van der Waals surface area contributed by atoms with E-state index in [0.717, 1.165) is 5.75 Å². The maximum atomic E-state index is 11.8. The Balaban J connectivity index is 1.71. The maximum absolute atomic E-state index is 11.8. The zero-order chi connectivity index (χ0) is 21.3. The van der Waals surface area contributed by atoms with Crippen LogP contribution in [0.25, 0.3) is 0 Å². The van der Waals surface area contributed by atoms with Gasteiger partial charge in [-0.3, -0.25) is 9.59 Å². The second kappa shape index (κ2) is 10.4. The molecule has 0 radical (unpaired) electrons. The number of carbonyl (C=O) groups excluding carboxylic acids is 2. The van der Waals surface area contributed by atoms with E-state index < -0.39 is 28.5 Å². The van der Waals surface area contributed by atoms with E-state index in [9.17, 15) is 18.0 Å². The Labute approximate surface area is 168 Å². The molecule has 2 aromatic carbocycles. The molecule has 10 heteroatoms. The van der Waals surface area contributed by atoms with E-state index in [1.807, 2.05) is 6.92 Å². The Kier molecular flexibility index (Phi) is 7.98. The van der Waals surface area contributed by atoms with Gasteiger partial charge in [0.25, 0.3) is 5.91 Å². The van der Waals surface area contributed by atoms with Crippen molar-refractivity contribution in [3.63, 3.8) is 0 Å². The van der Waals surface area contributed by atoms with Crippen LogP contribution in [-0.2, 0) is 24.3 Å². The minimum absolute atomic E-state index is 0.0403. The summed E-state index contributed by atoms with van der Waals surface area (Å²) in [6, 6.07) is 12.4. The summed E-state index contributed by atoms with van der Waals surface area (Å²) in [5.41, 5.74) is 0.219. The molecule has 0 saturated heterocycles. The van der Waals surface area contributed by atoms with Crippen LogP contribution >= 0.6 is 0 Å². The second-order valence-corrected chi connectivity index (χ2v) is 7.35. The lowest BCUT2D eigenvalue weighted by atomic mass is 10.3. The van der Waals surface area contributed by atoms with Gasteiger partial charge in [0.15, 0.2) is 6.61 Å². The smallest absolute Gasteiger partial charge is 0.309 e. The van der Waals surface area contributed by atoms with Gasteiger partial charge in [0.1, 0.15) is 11.5 Å². The molecule has 156 valence electrons. The number of sulfonamides is 1. The molecule has 0 aliphatic heterocycles. The summed E-state index contributed by atoms with van der Waals surface area (Å²) in [5, 5.41) is 7.46. The fourth-order valence-corrected chi connectivity index (χ4v) is 2.78. The molecule has 0 bridgehead atoms. The molecule has 0 aliphatic rings. The summed E-state index contributed by atoms with van der Waals surface area (Å²) >= 11 is 0. The molecular formula is C19H22N2O7S. The van der Waals surface area contributed by atoms with E-state index in [0.29, 0.717) is 12.4 Å². The van der Waals surface area contributed by atoms with Crippen molar-refractivity contribution in [1.82, 2.24) is 0 Å². The first-order valence-electron chi connectivity index (χ1n) is 8.72. The van der Waals surface area contributed by atoms with Crippen LogP contribution in [0.2, 0.25) is 0 Å². The summed E-state index contributed by atoms with van der Waals surface area (Å²) in [6.45, 7) is 2.03. The van der Waals surface area contributed by atoms with Gasteiger partial charge in [0.2, 0.25) is 10.0 Å². The van der Waals surface area contributed by atoms with Crippen LogP contribution < -0.4 is 19.9 Å². The van der Waals surface area contributed by atoms with Crippen molar-refractivity contribution in [3.05, 3.63) is 48.5 Å². The number of hydrogen-bond donors (Lipinski definition) is 2. The molecule has 0 heterocycles. The largest absolute Gasteiger partial charge is 0.494 e. The maximum Gasteiger partial charge on any atom is 0.309 e. The van der Waals surface area contributed by atoms with E-state index >= 15 is 0 Å². The summed E-state index contributed by atoms with van der Waals surface area (Å²) in [7, 11) is -3.88. The molecular weight excluding hydrogens is 400 g/mol. The average Bonchev–Trinajstić information content (AvgIpc) is 2.67. The van der Waals surface area contributed by atoms with Crippen molar-refractivity contribution in [2.45, 2.75) is 18.2 Å². The molecule has 1 amide bonds. The van der Waals surface area contributed by atoms with Crippen molar-refractivity contribution in [2.24, 2.45) is 5.14 Å². The predicted octanol–water partition coefficient (Wildman–Crippen LogP) is 1.68. The van der Waals surface area contributed by atoms with Gasteiger partial charge in [-0.2, -0.15) is 0 Å². The summed E-state index contributed by atoms with van der Waals surface area (Å²) in [5.74, 6) is 0.0790. The van der Waals surface area contributed by atoms with Gasteiger partial charge in [-0.25, -0.2) is 13.6 Å². The predicted molar refractivity (Wildman–Crippen MR) is 105 cm³/mol. The van der Waals surface area contributed by atoms with Crippen LogP contribution in [0.4, 0.5) is 5.69 Å². The number of amides is 1. The highest BCUT2D eigenvalue weighted by atomic mass is 32.2. The highest BCUT2D eigenvalue weighted by Gasteiger charge is 2.11. The first-order valence-corrected chi connectivity index (χ1v) is 10.3. The number of ether oxygens (including phenoxy) is 3. The number of primary sulfonamides is 1. The molecule has 3 N–H and O–H groups in total. The lowest BCUT2D eigenvalue weighted by molar-refractivity contribution is -0.147. The molecule has 9 nitrogen and oxygen atoms in total. The Hall–Kier alpha value is -3.11. The van der Waals surface area contributed by atoms with Crippen molar-refractivity contribution in [1.29, 1.82) is 0 Å². The third kappa shape index (κ3) is 7.80. The molecule has 0 aliphatic carbocycles. The summed E-state index contributed by atoms with van der Waals surface area (Å²) in [6.07, 6.45) is -0.0403. The van der Waals surface area contributed by atoms with E-state index in [1.165, 1.54) is 24.3 Å². The number of esters is 1. The normalized spacial score (nSPS) is 10.8. The van der Waals surface area contributed by atoms with E-state index in [1.54, 1.807) is 24.3 Å². The minimum Gasteiger partial charge on any atom is -0.494 e. The number of anilines is 1. The fourth-order valence-electron chi connectivity index (χ4n) is 2.22. The third-order valence-electron chi connectivity index (χ3n) is 3.52. The number of nitrogens with one attached hydrogen (secondary N) is 1. The summed E-state index contributed by atoms with van der Waals surface area (Å²) in [4.78, 5) is 23.4. The molecule has 0 atom stereocenters. The lowest BCUT2D eigenvalue weighted by Crippen LogP contribution is -2.22. The lowest BCUT2D eigenvalue weighted by Gasteiger charge is -2.09. The molecule has 2 aromatic rings. The van der Waals surface area contributed by atoms with Crippen LogP contribution in [0, 0.1) is 0 Å². The van der Waals surface area contributed by atoms with Gasteiger partial charge in [-0.05, 0) is 49.4 Å². The number of rotatable bonds is 10. The molecule has 0 aromatic heterocycles. The number of benzene rings is 2. The molecule has 2 rings (SSSR count). The Morgan fingerprint density at radius 1 is 1.03 bits per heavy atom.